The quantitative estimate of drug-likeness (QED) is 0.603. The van der Waals surface area contributed by atoms with E-state index in [0.717, 1.165) is 24.0 Å². The van der Waals surface area contributed by atoms with Gasteiger partial charge in [-0.1, -0.05) is 47.6 Å². The van der Waals surface area contributed by atoms with Gasteiger partial charge in [0.05, 0.1) is 12.7 Å². The minimum absolute atomic E-state index is 0.0467. The van der Waals surface area contributed by atoms with Crippen molar-refractivity contribution in [3.8, 4) is 0 Å². The highest BCUT2D eigenvalue weighted by molar-refractivity contribution is 5.24. The number of aliphatic hydroxyl groups excluding tert-OH is 2. The summed E-state index contributed by atoms with van der Waals surface area (Å²) in [7, 11) is 1.62. The second-order valence-electron chi connectivity index (χ2n) is 7.55. The Morgan fingerprint density at radius 1 is 1.48 bits per heavy atom. The van der Waals surface area contributed by atoms with Crippen LogP contribution < -0.4 is 0 Å². The molecule has 0 aromatic rings. The van der Waals surface area contributed by atoms with Crippen LogP contribution in [0.4, 0.5) is 0 Å². The molecule has 4 heteroatoms. The SMILES string of the molecule is C=C1CC(O)C=C(C)CCC2C1C(OC)OC2(C=CC=C(C)C)CO. The molecule has 0 bridgehead atoms. The van der Waals surface area contributed by atoms with E-state index < -0.39 is 18.0 Å². The largest absolute Gasteiger partial charge is 0.393 e. The predicted octanol–water partition coefficient (Wildman–Crippen LogP) is 3.52. The zero-order valence-electron chi connectivity index (χ0n) is 15.9. The number of hydrogen-bond donors (Lipinski definition) is 2. The van der Waals surface area contributed by atoms with Crippen LogP contribution in [0.2, 0.25) is 0 Å². The van der Waals surface area contributed by atoms with Crippen LogP contribution in [0.25, 0.3) is 0 Å². The number of aliphatic hydroxyl groups is 2. The van der Waals surface area contributed by atoms with Gasteiger partial charge in [-0.25, -0.2) is 0 Å². The Bertz CT molecular complexity index is 570. The van der Waals surface area contributed by atoms with Crippen molar-refractivity contribution >= 4 is 0 Å². The minimum Gasteiger partial charge on any atom is -0.393 e. The van der Waals surface area contributed by atoms with Gasteiger partial charge in [0.25, 0.3) is 0 Å². The van der Waals surface area contributed by atoms with Gasteiger partial charge in [-0.2, -0.15) is 0 Å². The highest BCUT2D eigenvalue weighted by Crippen LogP contribution is 2.49. The van der Waals surface area contributed by atoms with E-state index in [0.29, 0.717) is 6.42 Å². The second-order valence-corrected chi connectivity index (χ2v) is 7.55. The van der Waals surface area contributed by atoms with Crippen molar-refractivity contribution in [3.05, 3.63) is 47.6 Å². The van der Waals surface area contributed by atoms with Crippen LogP contribution in [0.15, 0.2) is 47.6 Å². The Balaban J connectivity index is 2.42. The van der Waals surface area contributed by atoms with Gasteiger partial charge < -0.3 is 19.7 Å². The molecule has 0 radical (unpaired) electrons. The molecule has 140 valence electrons. The molecular formula is C21H32O4. The lowest BCUT2D eigenvalue weighted by Crippen LogP contribution is -2.39. The summed E-state index contributed by atoms with van der Waals surface area (Å²) in [4.78, 5) is 0. The lowest BCUT2D eigenvalue weighted by atomic mass is 9.74. The van der Waals surface area contributed by atoms with E-state index in [-0.39, 0.29) is 18.4 Å². The Kier molecular flexibility index (Phi) is 6.80. The van der Waals surface area contributed by atoms with Gasteiger partial charge in [0.2, 0.25) is 0 Å². The van der Waals surface area contributed by atoms with Crippen molar-refractivity contribution in [1.29, 1.82) is 0 Å². The summed E-state index contributed by atoms with van der Waals surface area (Å²) in [6.07, 6.45) is 9.01. The van der Waals surface area contributed by atoms with E-state index >= 15 is 0 Å². The van der Waals surface area contributed by atoms with Crippen LogP contribution in [0.1, 0.15) is 40.0 Å². The lowest BCUT2D eigenvalue weighted by Gasteiger charge is -2.31. The third-order valence-corrected chi connectivity index (χ3v) is 5.25. The topological polar surface area (TPSA) is 58.9 Å². The van der Waals surface area contributed by atoms with E-state index in [2.05, 4.69) is 6.58 Å². The normalized spacial score (nSPS) is 36.4. The molecule has 0 aromatic heterocycles. The number of methoxy groups -OCH3 is 1. The average molecular weight is 348 g/mol. The Labute approximate surface area is 151 Å². The maximum atomic E-state index is 10.3. The van der Waals surface area contributed by atoms with Crippen LogP contribution in [0.3, 0.4) is 0 Å². The molecule has 0 spiro atoms. The van der Waals surface area contributed by atoms with Gasteiger partial charge in [-0.3, -0.25) is 0 Å². The second kappa shape index (κ2) is 8.45. The lowest BCUT2D eigenvalue weighted by molar-refractivity contribution is -0.160. The summed E-state index contributed by atoms with van der Waals surface area (Å²) < 4.78 is 11.8. The van der Waals surface area contributed by atoms with Gasteiger partial charge in [-0.05, 0) is 40.0 Å². The smallest absolute Gasteiger partial charge is 0.165 e. The fourth-order valence-corrected chi connectivity index (χ4v) is 4.00. The molecule has 0 saturated carbocycles. The molecule has 0 aromatic carbocycles. The average Bonchev–Trinajstić information content (AvgIpc) is 2.87. The molecule has 4 nitrogen and oxygen atoms in total. The van der Waals surface area contributed by atoms with Crippen molar-refractivity contribution in [2.24, 2.45) is 11.8 Å². The summed E-state index contributed by atoms with van der Waals surface area (Å²) in [6.45, 7) is 10.2. The van der Waals surface area contributed by atoms with Crippen molar-refractivity contribution in [3.63, 3.8) is 0 Å². The molecule has 1 heterocycles. The van der Waals surface area contributed by atoms with Gasteiger partial charge in [-0.15, -0.1) is 0 Å². The van der Waals surface area contributed by atoms with E-state index in [1.54, 1.807) is 7.11 Å². The number of ether oxygens (including phenoxy) is 2. The highest BCUT2D eigenvalue weighted by atomic mass is 16.7. The van der Waals surface area contributed by atoms with Gasteiger partial charge in [0, 0.05) is 18.9 Å². The first-order valence-corrected chi connectivity index (χ1v) is 9.00. The van der Waals surface area contributed by atoms with Gasteiger partial charge in [0.1, 0.15) is 5.60 Å². The first-order chi connectivity index (χ1) is 11.8. The number of rotatable bonds is 4. The van der Waals surface area contributed by atoms with E-state index in [1.165, 1.54) is 5.57 Å². The van der Waals surface area contributed by atoms with Crippen LogP contribution in [-0.4, -0.2) is 41.9 Å². The monoisotopic (exact) mass is 348 g/mol. The van der Waals surface area contributed by atoms with Crippen molar-refractivity contribution in [2.45, 2.75) is 58.0 Å². The van der Waals surface area contributed by atoms with Crippen molar-refractivity contribution in [2.75, 3.05) is 13.7 Å². The Morgan fingerprint density at radius 3 is 2.80 bits per heavy atom. The summed E-state index contributed by atoms with van der Waals surface area (Å²) >= 11 is 0. The Morgan fingerprint density at radius 2 is 2.20 bits per heavy atom. The minimum atomic E-state index is -0.796. The van der Waals surface area contributed by atoms with E-state index in [9.17, 15) is 10.2 Å². The molecule has 5 unspecified atom stereocenters. The highest BCUT2D eigenvalue weighted by Gasteiger charge is 2.54. The van der Waals surface area contributed by atoms with E-state index in [1.807, 2.05) is 45.1 Å². The maximum Gasteiger partial charge on any atom is 0.165 e. The van der Waals surface area contributed by atoms with Gasteiger partial charge in [0.15, 0.2) is 6.29 Å². The summed E-state index contributed by atoms with van der Waals surface area (Å²) in [5.41, 5.74) is 2.46. The molecule has 1 aliphatic carbocycles. The van der Waals surface area contributed by atoms with Crippen LogP contribution in [-0.2, 0) is 9.47 Å². The number of hydrogen-bond acceptors (Lipinski definition) is 4. The van der Waals surface area contributed by atoms with E-state index in [4.69, 9.17) is 9.47 Å². The predicted molar refractivity (Wildman–Crippen MR) is 100 cm³/mol. The summed E-state index contributed by atoms with van der Waals surface area (Å²) in [5, 5.41) is 20.5. The van der Waals surface area contributed by atoms with Gasteiger partial charge >= 0.3 is 0 Å². The first-order valence-electron chi connectivity index (χ1n) is 9.00. The fourth-order valence-electron chi connectivity index (χ4n) is 4.00. The van der Waals surface area contributed by atoms with Crippen molar-refractivity contribution < 1.29 is 19.7 Å². The van der Waals surface area contributed by atoms with Crippen LogP contribution in [0.5, 0.6) is 0 Å². The molecule has 1 fully saturated rings. The molecule has 1 saturated heterocycles. The summed E-state index contributed by atoms with van der Waals surface area (Å²) in [5.74, 6) is -0.00661. The molecule has 2 rings (SSSR count). The standard InChI is InChI=1S/C21H32O4/c1-14(2)7-6-10-21(13-22)18-9-8-15(3)11-17(23)12-16(4)19(18)20(24-5)25-21/h6-7,10-11,17-20,22-23H,4,8-9,12-13H2,1-3,5H3. The molecule has 1 aliphatic heterocycles. The first kappa shape index (κ1) is 20.1. The van der Waals surface area contributed by atoms with Crippen molar-refractivity contribution in [1.82, 2.24) is 0 Å². The molecular weight excluding hydrogens is 316 g/mol. The summed E-state index contributed by atoms with van der Waals surface area (Å²) in [6, 6.07) is 0. The molecule has 0 amide bonds. The maximum absolute atomic E-state index is 10.3. The zero-order chi connectivity index (χ0) is 18.6. The fraction of sp³-hybridized carbons (Fsp3) is 0.619. The van der Waals surface area contributed by atoms with Crippen LogP contribution >= 0.6 is 0 Å². The zero-order valence-corrected chi connectivity index (χ0v) is 15.9. The number of allylic oxidation sites excluding steroid dienone is 4. The molecule has 2 N–H and O–H groups in total. The third-order valence-electron chi connectivity index (χ3n) is 5.25. The van der Waals surface area contributed by atoms with Crippen LogP contribution in [0, 0.1) is 11.8 Å². The molecule has 25 heavy (non-hydrogen) atoms. The third kappa shape index (κ3) is 4.50. The molecule has 2 aliphatic rings. The number of fused-ring (bicyclic) bond motifs is 1. The molecule has 5 atom stereocenters. The Hall–Kier alpha value is -1.20.